The van der Waals surface area contributed by atoms with Crippen LogP contribution in [-0.2, 0) is 0 Å². The quantitative estimate of drug-likeness (QED) is 0.367. The summed E-state index contributed by atoms with van der Waals surface area (Å²) in [5, 5.41) is 42.0. The van der Waals surface area contributed by atoms with Crippen molar-refractivity contribution in [2.24, 2.45) is 0 Å². The van der Waals surface area contributed by atoms with E-state index in [0.717, 1.165) is 77.0 Å². The van der Waals surface area contributed by atoms with E-state index in [9.17, 15) is 20.4 Å². The van der Waals surface area contributed by atoms with Crippen LogP contribution in [0.1, 0.15) is 132 Å². The summed E-state index contributed by atoms with van der Waals surface area (Å²) in [5.41, 5.74) is 0. The Morgan fingerprint density at radius 1 is 0.379 bits per heavy atom. The third-order valence-corrected chi connectivity index (χ3v) is 4.26. The van der Waals surface area contributed by atoms with Crippen molar-refractivity contribution in [2.75, 3.05) is 0 Å². The standard InChI is InChI=1S/4C6H13O.Sn/c4*1-3-5-6(7)4-2;/h4*6H,3-5H2,1-2H3;/q4*-1;+4. The van der Waals surface area contributed by atoms with E-state index >= 15 is 0 Å². The van der Waals surface area contributed by atoms with Gasteiger partial charge in [-0.25, -0.2) is 0 Å². The summed E-state index contributed by atoms with van der Waals surface area (Å²) in [7, 11) is 0. The first-order valence-corrected chi connectivity index (χ1v) is 11.9. The Kier molecular flexibility index (Phi) is 49.8. The Bertz CT molecular complexity index is 195. The Balaban J connectivity index is -0.0000000873. The second-order valence-electron chi connectivity index (χ2n) is 7.28. The molecule has 0 bridgehead atoms. The summed E-state index contributed by atoms with van der Waals surface area (Å²) < 4.78 is 0. The third-order valence-electron chi connectivity index (χ3n) is 4.26. The predicted molar refractivity (Wildman–Crippen MR) is 122 cm³/mol. The molecule has 0 aromatic carbocycles. The first kappa shape index (κ1) is 40.0. The summed E-state index contributed by atoms with van der Waals surface area (Å²) in [6.07, 6.45) is 9.43. The first-order valence-electron chi connectivity index (χ1n) is 11.9. The van der Waals surface area contributed by atoms with Gasteiger partial charge in [0.1, 0.15) is 0 Å². The van der Waals surface area contributed by atoms with Crippen LogP contribution in [0.2, 0.25) is 0 Å². The minimum atomic E-state index is -0.301. The molecule has 0 fully saturated rings. The van der Waals surface area contributed by atoms with Crippen LogP contribution in [0.25, 0.3) is 0 Å². The second kappa shape index (κ2) is 36.0. The molecule has 29 heavy (non-hydrogen) atoms. The van der Waals surface area contributed by atoms with Crippen molar-refractivity contribution in [3.63, 3.8) is 0 Å². The molecular weight excluding hydrogens is 471 g/mol. The SMILES string of the molecule is CCCC([O-])CC.CCCC([O-])CC.CCCC([O-])CC.CCCC([O-])CC.[Sn+4]. The van der Waals surface area contributed by atoms with Gasteiger partial charge >= 0.3 is 23.9 Å². The molecule has 0 N–H and O–H groups in total. The van der Waals surface area contributed by atoms with Crippen LogP contribution in [0, 0.1) is 0 Å². The van der Waals surface area contributed by atoms with Crippen LogP contribution >= 0.6 is 0 Å². The molecule has 0 aromatic rings. The zero-order chi connectivity index (χ0) is 22.8. The average molecular weight is 523 g/mol. The molecule has 0 aromatic heterocycles. The fourth-order valence-corrected chi connectivity index (χ4v) is 2.10. The number of hydrogen-bond acceptors (Lipinski definition) is 4. The van der Waals surface area contributed by atoms with E-state index in [1.54, 1.807) is 0 Å². The maximum absolute atomic E-state index is 10.5. The van der Waals surface area contributed by atoms with Crippen molar-refractivity contribution in [2.45, 2.75) is 157 Å². The van der Waals surface area contributed by atoms with E-state index in [4.69, 9.17) is 0 Å². The Hall–Kier alpha value is 0.639. The molecule has 0 amide bonds. The van der Waals surface area contributed by atoms with Gasteiger partial charge < -0.3 is 20.4 Å². The molecule has 4 atom stereocenters. The second-order valence-corrected chi connectivity index (χ2v) is 7.28. The molecule has 4 unspecified atom stereocenters. The van der Waals surface area contributed by atoms with Gasteiger partial charge in [-0.3, -0.25) is 0 Å². The number of hydrogen-bond donors (Lipinski definition) is 0. The van der Waals surface area contributed by atoms with Gasteiger partial charge in [0.2, 0.25) is 0 Å². The molecule has 0 aliphatic rings. The van der Waals surface area contributed by atoms with Crippen LogP contribution in [0.4, 0.5) is 0 Å². The summed E-state index contributed by atoms with van der Waals surface area (Å²) in [6.45, 7) is 15.9. The molecule has 0 rings (SSSR count). The molecule has 0 saturated heterocycles. The summed E-state index contributed by atoms with van der Waals surface area (Å²) >= 11 is 0. The maximum Gasteiger partial charge on any atom is 4.00 e. The zero-order valence-corrected chi connectivity index (χ0v) is 23.8. The van der Waals surface area contributed by atoms with Crippen LogP contribution in [-0.4, -0.2) is 48.3 Å². The van der Waals surface area contributed by atoms with E-state index in [1.165, 1.54) is 0 Å². The van der Waals surface area contributed by atoms with Crippen molar-refractivity contribution in [3.05, 3.63) is 0 Å². The summed E-state index contributed by atoms with van der Waals surface area (Å²) in [4.78, 5) is 0. The van der Waals surface area contributed by atoms with Crippen molar-refractivity contribution < 1.29 is 20.4 Å². The van der Waals surface area contributed by atoms with Gasteiger partial charge in [0, 0.05) is 0 Å². The van der Waals surface area contributed by atoms with E-state index in [1.807, 2.05) is 55.4 Å². The molecule has 5 heteroatoms. The summed E-state index contributed by atoms with van der Waals surface area (Å²) in [6, 6.07) is 0. The molecule has 0 heterocycles. The smallest absolute Gasteiger partial charge is 0.852 e. The molecule has 0 radical (unpaired) electrons. The van der Waals surface area contributed by atoms with Crippen LogP contribution < -0.4 is 20.4 Å². The van der Waals surface area contributed by atoms with Gasteiger partial charge in [-0.1, -0.05) is 132 Å². The predicted octanol–water partition coefficient (Wildman–Crippen LogP) is 3.32. The maximum atomic E-state index is 10.5. The van der Waals surface area contributed by atoms with Gasteiger partial charge in [0.15, 0.2) is 0 Å². The first-order chi connectivity index (χ1) is 13.2. The van der Waals surface area contributed by atoms with E-state index in [2.05, 4.69) is 0 Å². The Morgan fingerprint density at radius 2 is 0.517 bits per heavy atom. The Morgan fingerprint density at radius 3 is 0.552 bits per heavy atom. The van der Waals surface area contributed by atoms with E-state index in [0.29, 0.717) is 0 Å². The molecule has 0 aliphatic carbocycles. The fourth-order valence-electron chi connectivity index (χ4n) is 2.10. The third kappa shape index (κ3) is 47.7. The van der Waals surface area contributed by atoms with Crippen LogP contribution in [0.5, 0.6) is 0 Å². The molecule has 0 saturated carbocycles. The molecule has 176 valence electrons. The van der Waals surface area contributed by atoms with Crippen LogP contribution in [0.15, 0.2) is 0 Å². The molecule has 0 spiro atoms. The minimum absolute atomic E-state index is 0. The molecular formula is C24H52O4Sn. The van der Waals surface area contributed by atoms with Crippen molar-refractivity contribution >= 4 is 23.9 Å². The minimum Gasteiger partial charge on any atom is -0.852 e. The van der Waals surface area contributed by atoms with Crippen molar-refractivity contribution in [3.8, 4) is 0 Å². The van der Waals surface area contributed by atoms with Gasteiger partial charge in [-0.15, -0.1) is 24.4 Å². The molecule has 4 nitrogen and oxygen atoms in total. The van der Waals surface area contributed by atoms with Gasteiger partial charge in [-0.2, -0.15) is 0 Å². The van der Waals surface area contributed by atoms with Gasteiger partial charge in [0.05, 0.1) is 0 Å². The van der Waals surface area contributed by atoms with E-state index < -0.39 is 0 Å². The Labute approximate surface area is 200 Å². The average Bonchev–Trinajstić information content (AvgIpc) is 2.70. The zero-order valence-electron chi connectivity index (χ0n) is 20.9. The number of rotatable bonds is 12. The van der Waals surface area contributed by atoms with Gasteiger partial charge in [0.25, 0.3) is 0 Å². The van der Waals surface area contributed by atoms with Crippen LogP contribution in [0.3, 0.4) is 0 Å². The topological polar surface area (TPSA) is 92.2 Å². The van der Waals surface area contributed by atoms with Crippen molar-refractivity contribution in [1.82, 2.24) is 0 Å². The molecule has 0 aliphatic heterocycles. The van der Waals surface area contributed by atoms with Crippen molar-refractivity contribution in [1.29, 1.82) is 0 Å². The normalized spacial score (nSPS) is 13.7. The monoisotopic (exact) mass is 524 g/mol. The fraction of sp³-hybridized carbons (Fsp3) is 1.00. The summed E-state index contributed by atoms with van der Waals surface area (Å²) in [5.74, 6) is 0. The largest absolute Gasteiger partial charge is 4.00 e. The van der Waals surface area contributed by atoms with E-state index in [-0.39, 0.29) is 48.3 Å². The van der Waals surface area contributed by atoms with Gasteiger partial charge in [-0.05, 0) is 0 Å².